The van der Waals surface area contributed by atoms with Crippen LogP contribution in [0.2, 0.25) is 0 Å². The van der Waals surface area contributed by atoms with Gasteiger partial charge in [-0.1, -0.05) is 0 Å². The fourth-order valence-corrected chi connectivity index (χ4v) is 2.37. The van der Waals surface area contributed by atoms with Gasteiger partial charge in [-0.25, -0.2) is 4.79 Å². The highest BCUT2D eigenvalue weighted by molar-refractivity contribution is 5.65. The van der Waals surface area contributed by atoms with Gasteiger partial charge in [0.15, 0.2) is 0 Å². The first-order chi connectivity index (χ1) is 8.54. The van der Waals surface area contributed by atoms with Gasteiger partial charge in [0.25, 0.3) is 0 Å². The summed E-state index contributed by atoms with van der Waals surface area (Å²) in [6.07, 6.45) is 0.892. The van der Waals surface area contributed by atoms with Crippen molar-refractivity contribution in [3.63, 3.8) is 0 Å². The van der Waals surface area contributed by atoms with Crippen molar-refractivity contribution in [1.29, 1.82) is 0 Å². The van der Waals surface area contributed by atoms with Gasteiger partial charge in [-0.2, -0.15) is 0 Å². The predicted octanol–water partition coefficient (Wildman–Crippen LogP) is 2.25. The highest BCUT2D eigenvalue weighted by Crippen LogP contribution is 2.18. The van der Waals surface area contributed by atoms with Crippen molar-refractivity contribution in [1.82, 2.24) is 9.88 Å². The normalized spacial score (nSPS) is 16.7. The van der Waals surface area contributed by atoms with Crippen molar-refractivity contribution in [2.75, 3.05) is 18.4 Å². The quantitative estimate of drug-likeness (QED) is 0.843. The second kappa shape index (κ2) is 5.25. The van der Waals surface area contributed by atoms with Gasteiger partial charge < -0.3 is 15.3 Å². The van der Waals surface area contributed by atoms with Gasteiger partial charge in [-0.3, -0.25) is 4.98 Å². The number of rotatable bonds is 2. The number of nitrogens with one attached hydrogen (secondary N) is 1. The molecule has 1 aliphatic rings. The van der Waals surface area contributed by atoms with E-state index in [1.807, 2.05) is 26.0 Å². The Balaban J connectivity index is 1.93. The lowest BCUT2D eigenvalue weighted by molar-refractivity contribution is 0.134. The summed E-state index contributed by atoms with van der Waals surface area (Å²) in [6, 6.07) is 4.40. The van der Waals surface area contributed by atoms with Crippen molar-refractivity contribution < 1.29 is 9.90 Å². The largest absolute Gasteiger partial charge is 0.465 e. The smallest absolute Gasteiger partial charge is 0.407 e. The standard InChI is InChI=1S/C13H19N3O2/c1-9-7-12(8-10(2)14-9)15-11-3-5-16(6-4-11)13(17)18/h7-8,11H,3-6H2,1-2H3,(H,14,15)(H,17,18). The lowest BCUT2D eigenvalue weighted by atomic mass is 10.0. The number of aryl methyl sites for hydroxylation is 2. The van der Waals surface area contributed by atoms with Crippen LogP contribution >= 0.6 is 0 Å². The van der Waals surface area contributed by atoms with Crippen LogP contribution in [0.5, 0.6) is 0 Å². The minimum Gasteiger partial charge on any atom is -0.465 e. The maximum Gasteiger partial charge on any atom is 0.407 e. The Hall–Kier alpha value is -1.78. The third-order valence-electron chi connectivity index (χ3n) is 3.22. The molecular weight excluding hydrogens is 230 g/mol. The lowest BCUT2D eigenvalue weighted by Crippen LogP contribution is -2.41. The van der Waals surface area contributed by atoms with E-state index >= 15 is 0 Å². The van der Waals surface area contributed by atoms with Crippen LogP contribution in [0.3, 0.4) is 0 Å². The first-order valence-corrected chi connectivity index (χ1v) is 6.24. The monoisotopic (exact) mass is 249 g/mol. The molecule has 0 saturated carbocycles. The fourth-order valence-electron chi connectivity index (χ4n) is 2.37. The Bertz CT molecular complexity index is 420. The van der Waals surface area contributed by atoms with E-state index in [0.717, 1.165) is 29.9 Å². The van der Waals surface area contributed by atoms with Crippen molar-refractivity contribution in [2.24, 2.45) is 0 Å². The van der Waals surface area contributed by atoms with Gasteiger partial charge >= 0.3 is 6.09 Å². The molecule has 98 valence electrons. The van der Waals surface area contributed by atoms with Crippen molar-refractivity contribution in [2.45, 2.75) is 32.7 Å². The van der Waals surface area contributed by atoms with E-state index in [2.05, 4.69) is 10.3 Å². The van der Waals surface area contributed by atoms with Crippen molar-refractivity contribution >= 4 is 11.8 Å². The van der Waals surface area contributed by atoms with E-state index in [9.17, 15) is 4.79 Å². The van der Waals surface area contributed by atoms with Crippen LogP contribution in [0.15, 0.2) is 12.1 Å². The number of likely N-dealkylation sites (tertiary alicyclic amines) is 1. The molecule has 0 spiro atoms. The number of piperidine rings is 1. The van der Waals surface area contributed by atoms with E-state index in [1.54, 1.807) is 0 Å². The summed E-state index contributed by atoms with van der Waals surface area (Å²) < 4.78 is 0. The zero-order chi connectivity index (χ0) is 13.1. The highest BCUT2D eigenvalue weighted by Gasteiger charge is 2.21. The van der Waals surface area contributed by atoms with Gasteiger partial charge in [0.05, 0.1) is 0 Å². The first kappa shape index (κ1) is 12.7. The summed E-state index contributed by atoms with van der Waals surface area (Å²) in [7, 11) is 0. The number of pyridine rings is 1. The molecule has 5 nitrogen and oxygen atoms in total. The number of anilines is 1. The molecule has 0 bridgehead atoms. The van der Waals surface area contributed by atoms with E-state index in [4.69, 9.17) is 5.11 Å². The number of carbonyl (C=O) groups is 1. The molecule has 1 aromatic heterocycles. The molecule has 1 amide bonds. The van der Waals surface area contributed by atoms with Crippen LogP contribution in [0.1, 0.15) is 24.2 Å². The molecule has 0 atom stereocenters. The molecule has 1 aliphatic heterocycles. The van der Waals surface area contributed by atoms with Gasteiger partial charge in [0.1, 0.15) is 0 Å². The Kier molecular flexibility index (Phi) is 3.69. The average Bonchev–Trinajstić information content (AvgIpc) is 2.28. The molecular formula is C13H19N3O2. The number of hydrogen-bond donors (Lipinski definition) is 2. The number of hydrogen-bond acceptors (Lipinski definition) is 3. The SMILES string of the molecule is Cc1cc(NC2CCN(C(=O)O)CC2)cc(C)n1. The van der Waals surface area contributed by atoms with Gasteiger partial charge in [-0.05, 0) is 38.8 Å². The Morgan fingerprint density at radius 1 is 1.33 bits per heavy atom. The number of nitrogens with zero attached hydrogens (tertiary/aromatic N) is 2. The van der Waals surface area contributed by atoms with E-state index in [1.165, 1.54) is 4.90 Å². The van der Waals surface area contributed by atoms with Crippen LogP contribution in [0, 0.1) is 13.8 Å². The summed E-state index contributed by atoms with van der Waals surface area (Å²) in [5.74, 6) is 0. The van der Waals surface area contributed by atoms with E-state index in [-0.39, 0.29) is 0 Å². The lowest BCUT2D eigenvalue weighted by Gasteiger charge is -2.31. The molecule has 18 heavy (non-hydrogen) atoms. The van der Waals surface area contributed by atoms with E-state index in [0.29, 0.717) is 19.1 Å². The molecule has 2 rings (SSSR count). The van der Waals surface area contributed by atoms with Crippen LogP contribution in [-0.2, 0) is 0 Å². The molecule has 0 unspecified atom stereocenters. The van der Waals surface area contributed by atoms with E-state index < -0.39 is 6.09 Å². The number of aromatic nitrogens is 1. The van der Waals surface area contributed by atoms with Gasteiger partial charge in [-0.15, -0.1) is 0 Å². The Morgan fingerprint density at radius 3 is 2.39 bits per heavy atom. The first-order valence-electron chi connectivity index (χ1n) is 6.24. The highest BCUT2D eigenvalue weighted by atomic mass is 16.4. The minimum atomic E-state index is -0.816. The van der Waals surface area contributed by atoms with Crippen molar-refractivity contribution in [3.05, 3.63) is 23.5 Å². The fraction of sp³-hybridized carbons (Fsp3) is 0.538. The minimum absolute atomic E-state index is 0.349. The van der Waals surface area contributed by atoms with Crippen LogP contribution in [0.25, 0.3) is 0 Å². The second-order valence-electron chi connectivity index (χ2n) is 4.83. The topological polar surface area (TPSA) is 65.5 Å². The molecule has 0 aromatic carbocycles. The van der Waals surface area contributed by atoms with Gasteiger partial charge in [0, 0.05) is 36.2 Å². The molecule has 1 aromatic rings. The molecule has 1 fully saturated rings. The Morgan fingerprint density at radius 2 is 1.89 bits per heavy atom. The molecule has 0 radical (unpaired) electrons. The summed E-state index contributed by atoms with van der Waals surface area (Å²) >= 11 is 0. The summed E-state index contributed by atoms with van der Waals surface area (Å²) in [4.78, 5) is 16.6. The third kappa shape index (κ3) is 3.12. The summed E-state index contributed by atoms with van der Waals surface area (Å²) in [5, 5.41) is 12.3. The maximum absolute atomic E-state index is 10.8. The van der Waals surface area contributed by atoms with Crippen LogP contribution < -0.4 is 5.32 Å². The molecule has 5 heteroatoms. The van der Waals surface area contributed by atoms with Gasteiger partial charge in [0.2, 0.25) is 0 Å². The number of amides is 1. The molecule has 2 heterocycles. The Labute approximate surface area is 107 Å². The van der Waals surface area contributed by atoms with Crippen molar-refractivity contribution in [3.8, 4) is 0 Å². The zero-order valence-electron chi connectivity index (χ0n) is 10.8. The summed E-state index contributed by atoms with van der Waals surface area (Å²) in [5.41, 5.74) is 3.08. The third-order valence-corrected chi connectivity index (χ3v) is 3.22. The molecule has 0 aliphatic carbocycles. The predicted molar refractivity (Wildman–Crippen MR) is 70.0 cm³/mol. The average molecular weight is 249 g/mol. The number of carboxylic acid groups (broad SMARTS) is 1. The summed E-state index contributed by atoms with van der Waals surface area (Å²) in [6.45, 7) is 5.17. The maximum atomic E-state index is 10.8. The molecule has 2 N–H and O–H groups in total. The van der Waals surface area contributed by atoms with Crippen LogP contribution in [-0.4, -0.2) is 40.2 Å². The van der Waals surface area contributed by atoms with Crippen LogP contribution in [0.4, 0.5) is 10.5 Å². The second-order valence-corrected chi connectivity index (χ2v) is 4.83. The molecule has 1 saturated heterocycles. The zero-order valence-corrected chi connectivity index (χ0v) is 10.8.